The Balaban J connectivity index is 1.73. The first-order valence-electron chi connectivity index (χ1n) is 8.83. The van der Waals surface area contributed by atoms with Crippen LogP contribution in [-0.2, 0) is 16.4 Å². The SMILES string of the molecule is CS(=O)(=O)c1ccc(C(=O)NCc2ccc(Cl)c(Oc3cc(N)cc(Cl)c3)c2)c(Cl)c1. The Bertz CT molecular complexity index is 1240. The maximum absolute atomic E-state index is 12.5. The largest absolute Gasteiger partial charge is 0.456 e. The first-order chi connectivity index (χ1) is 14.5. The van der Waals surface area contributed by atoms with Gasteiger partial charge >= 0.3 is 0 Å². The summed E-state index contributed by atoms with van der Waals surface area (Å²) in [6, 6.07) is 13.8. The lowest BCUT2D eigenvalue weighted by Gasteiger charge is -2.12. The Labute approximate surface area is 194 Å². The van der Waals surface area contributed by atoms with Crippen LogP contribution >= 0.6 is 34.8 Å². The highest BCUT2D eigenvalue weighted by molar-refractivity contribution is 7.90. The molecule has 0 atom stereocenters. The average molecular weight is 500 g/mol. The van der Waals surface area contributed by atoms with Gasteiger partial charge in [0.15, 0.2) is 9.84 Å². The summed E-state index contributed by atoms with van der Waals surface area (Å²) >= 11 is 18.3. The van der Waals surface area contributed by atoms with Crippen molar-refractivity contribution in [3.8, 4) is 11.5 Å². The fraction of sp³-hybridized carbons (Fsp3) is 0.0952. The van der Waals surface area contributed by atoms with Gasteiger partial charge in [0.25, 0.3) is 5.91 Å². The van der Waals surface area contributed by atoms with Crippen molar-refractivity contribution in [2.24, 2.45) is 0 Å². The predicted octanol–water partition coefficient (Wildman–Crippen LogP) is 5.35. The Morgan fingerprint density at radius 3 is 2.39 bits per heavy atom. The molecule has 3 rings (SSSR count). The summed E-state index contributed by atoms with van der Waals surface area (Å²) in [5.74, 6) is 0.335. The third-order valence-corrected chi connectivity index (χ3v) is 6.14. The first-order valence-corrected chi connectivity index (χ1v) is 11.9. The van der Waals surface area contributed by atoms with Crippen LogP contribution in [0.25, 0.3) is 0 Å². The van der Waals surface area contributed by atoms with E-state index in [0.717, 1.165) is 6.26 Å². The molecule has 3 aromatic carbocycles. The molecule has 0 radical (unpaired) electrons. The van der Waals surface area contributed by atoms with Crippen LogP contribution < -0.4 is 15.8 Å². The molecule has 1 amide bonds. The van der Waals surface area contributed by atoms with E-state index in [1.807, 2.05) is 0 Å². The lowest BCUT2D eigenvalue weighted by Crippen LogP contribution is -2.23. The predicted molar refractivity (Wildman–Crippen MR) is 123 cm³/mol. The summed E-state index contributed by atoms with van der Waals surface area (Å²) in [4.78, 5) is 12.5. The number of nitrogen functional groups attached to an aromatic ring is 1. The molecule has 0 saturated heterocycles. The summed E-state index contributed by atoms with van der Waals surface area (Å²) in [6.07, 6.45) is 1.07. The van der Waals surface area contributed by atoms with Crippen LogP contribution in [0.4, 0.5) is 5.69 Å². The molecule has 3 N–H and O–H groups in total. The van der Waals surface area contributed by atoms with E-state index in [1.54, 1.807) is 36.4 Å². The molecule has 10 heteroatoms. The fourth-order valence-electron chi connectivity index (χ4n) is 2.69. The number of nitrogens with two attached hydrogens (primary N) is 1. The summed E-state index contributed by atoms with van der Waals surface area (Å²) in [5.41, 5.74) is 7.09. The summed E-state index contributed by atoms with van der Waals surface area (Å²) < 4.78 is 29.0. The maximum atomic E-state index is 12.5. The molecule has 0 bridgehead atoms. The number of hydrogen-bond acceptors (Lipinski definition) is 5. The zero-order valence-electron chi connectivity index (χ0n) is 16.2. The standard InChI is InChI=1S/C21H17Cl3N2O4S/c1-31(28,29)16-3-4-17(19(24)10-16)21(27)26-11-12-2-5-18(23)20(6-12)30-15-8-13(22)7-14(25)9-15/h2-10H,11,25H2,1H3,(H,26,27). The van der Waals surface area contributed by atoms with Gasteiger partial charge in [-0.2, -0.15) is 0 Å². The molecule has 0 heterocycles. The van der Waals surface area contributed by atoms with Crippen LogP contribution in [0.2, 0.25) is 15.1 Å². The Morgan fingerprint density at radius 1 is 1.00 bits per heavy atom. The zero-order chi connectivity index (χ0) is 22.8. The van der Waals surface area contributed by atoms with Crippen molar-refractivity contribution < 1.29 is 17.9 Å². The van der Waals surface area contributed by atoms with Crippen LogP contribution in [0.3, 0.4) is 0 Å². The molecule has 0 aliphatic rings. The Morgan fingerprint density at radius 2 is 1.74 bits per heavy atom. The fourth-order valence-corrected chi connectivity index (χ4v) is 4.06. The highest BCUT2D eigenvalue weighted by Crippen LogP contribution is 2.32. The first kappa shape index (κ1) is 23.2. The molecule has 0 aromatic heterocycles. The molecule has 0 fully saturated rings. The second-order valence-corrected chi connectivity index (χ2v) is 9.95. The lowest BCUT2D eigenvalue weighted by molar-refractivity contribution is 0.0951. The molecule has 0 saturated carbocycles. The van der Waals surface area contributed by atoms with Crippen molar-refractivity contribution in [1.82, 2.24) is 5.32 Å². The molecule has 0 unspecified atom stereocenters. The number of amides is 1. The van der Waals surface area contributed by atoms with E-state index >= 15 is 0 Å². The van der Waals surface area contributed by atoms with E-state index in [0.29, 0.717) is 32.8 Å². The van der Waals surface area contributed by atoms with E-state index in [9.17, 15) is 13.2 Å². The molecule has 162 valence electrons. The normalized spacial score (nSPS) is 11.2. The van der Waals surface area contributed by atoms with Crippen molar-refractivity contribution in [3.63, 3.8) is 0 Å². The van der Waals surface area contributed by atoms with E-state index in [1.165, 1.54) is 18.2 Å². The van der Waals surface area contributed by atoms with E-state index < -0.39 is 15.7 Å². The molecule has 0 spiro atoms. The number of carbonyl (C=O) groups excluding carboxylic acids is 1. The van der Waals surface area contributed by atoms with Crippen molar-refractivity contribution >= 4 is 56.2 Å². The van der Waals surface area contributed by atoms with Gasteiger partial charge in [-0.3, -0.25) is 4.79 Å². The van der Waals surface area contributed by atoms with Crippen molar-refractivity contribution in [1.29, 1.82) is 0 Å². The molecular formula is C21H17Cl3N2O4S. The number of ether oxygens (including phenoxy) is 1. The summed E-state index contributed by atoms with van der Waals surface area (Å²) in [6.45, 7) is 0.161. The third kappa shape index (κ3) is 6.04. The minimum Gasteiger partial charge on any atom is -0.456 e. The Hall–Kier alpha value is -2.45. The van der Waals surface area contributed by atoms with Crippen LogP contribution in [0.5, 0.6) is 11.5 Å². The number of anilines is 1. The Kier molecular flexibility index (Phi) is 7.01. The smallest absolute Gasteiger partial charge is 0.253 e. The molecule has 31 heavy (non-hydrogen) atoms. The van der Waals surface area contributed by atoms with Gasteiger partial charge < -0.3 is 15.8 Å². The zero-order valence-corrected chi connectivity index (χ0v) is 19.2. The minimum atomic E-state index is -3.42. The van der Waals surface area contributed by atoms with Crippen molar-refractivity contribution in [2.45, 2.75) is 11.4 Å². The molecule has 0 aliphatic heterocycles. The summed E-state index contributed by atoms with van der Waals surface area (Å²) in [5, 5.41) is 3.56. The van der Waals surface area contributed by atoms with Gasteiger partial charge in [-0.05, 0) is 48.0 Å². The number of benzene rings is 3. The number of hydrogen-bond donors (Lipinski definition) is 2. The molecular weight excluding hydrogens is 483 g/mol. The van der Waals surface area contributed by atoms with E-state index in [2.05, 4.69) is 5.32 Å². The lowest BCUT2D eigenvalue weighted by atomic mass is 10.2. The van der Waals surface area contributed by atoms with Gasteiger partial charge in [0.1, 0.15) is 11.5 Å². The average Bonchev–Trinajstić information content (AvgIpc) is 2.66. The van der Waals surface area contributed by atoms with Crippen LogP contribution in [-0.4, -0.2) is 20.6 Å². The van der Waals surface area contributed by atoms with Crippen molar-refractivity contribution in [3.05, 3.63) is 80.8 Å². The second kappa shape index (κ2) is 9.36. The number of carbonyl (C=O) groups is 1. The third-order valence-electron chi connectivity index (χ3n) is 4.18. The minimum absolute atomic E-state index is 0.0372. The topological polar surface area (TPSA) is 98.5 Å². The highest BCUT2D eigenvalue weighted by Gasteiger charge is 2.15. The van der Waals surface area contributed by atoms with Gasteiger partial charge in [-0.1, -0.05) is 40.9 Å². The second-order valence-electron chi connectivity index (χ2n) is 6.68. The molecule has 0 aliphatic carbocycles. The number of nitrogens with one attached hydrogen (secondary N) is 1. The van der Waals surface area contributed by atoms with E-state index in [4.69, 9.17) is 45.3 Å². The molecule has 3 aromatic rings. The van der Waals surface area contributed by atoms with Gasteiger partial charge in [0, 0.05) is 29.6 Å². The van der Waals surface area contributed by atoms with E-state index in [-0.39, 0.29) is 22.0 Å². The van der Waals surface area contributed by atoms with Gasteiger partial charge in [-0.25, -0.2) is 8.42 Å². The van der Waals surface area contributed by atoms with Gasteiger partial charge in [0.2, 0.25) is 0 Å². The number of sulfone groups is 1. The van der Waals surface area contributed by atoms with Crippen LogP contribution in [0, 0.1) is 0 Å². The highest BCUT2D eigenvalue weighted by atomic mass is 35.5. The molecule has 6 nitrogen and oxygen atoms in total. The van der Waals surface area contributed by atoms with Crippen LogP contribution in [0.15, 0.2) is 59.5 Å². The van der Waals surface area contributed by atoms with Gasteiger partial charge in [-0.15, -0.1) is 0 Å². The summed E-state index contributed by atoms with van der Waals surface area (Å²) in [7, 11) is -3.42. The number of halogens is 3. The maximum Gasteiger partial charge on any atom is 0.253 e. The quantitative estimate of drug-likeness (QED) is 0.445. The number of rotatable bonds is 6. The van der Waals surface area contributed by atoms with Gasteiger partial charge in [0.05, 0.1) is 20.5 Å². The monoisotopic (exact) mass is 498 g/mol. The van der Waals surface area contributed by atoms with Crippen LogP contribution in [0.1, 0.15) is 15.9 Å². The van der Waals surface area contributed by atoms with Crippen molar-refractivity contribution in [2.75, 3.05) is 12.0 Å².